The van der Waals surface area contributed by atoms with Crippen molar-refractivity contribution >= 4 is 17.6 Å². The molecule has 0 atom stereocenters. The Kier molecular flexibility index (Phi) is 6.50. The van der Waals surface area contributed by atoms with Crippen molar-refractivity contribution < 1.29 is 14.6 Å². The molecule has 1 saturated heterocycles. The van der Waals surface area contributed by atoms with Gasteiger partial charge in [0.25, 0.3) is 0 Å². The molecule has 138 valence electrons. The highest BCUT2D eigenvalue weighted by atomic mass is 35.5. The number of carbonyl (C=O) groups is 1. The van der Waals surface area contributed by atoms with Gasteiger partial charge in [-0.15, -0.1) is 0 Å². The van der Waals surface area contributed by atoms with Crippen LogP contribution in [-0.4, -0.2) is 60.2 Å². The van der Waals surface area contributed by atoms with Crippen LogP contribution in [0, 0.1) is 0 Å². The number of benzene rings is 2. The molecule has 1 aliphatic heterocycles. The van der Waals surface area contributed by atoms with Crippen molar-refractivity contribution in [2.45, 2.75) is 6.54 Å². The SMILES string of the molecule is O=C(O)c1cccc(CN2CCN(CCOc3ccccc3Cl)CC2)c1. The minimum absolute atomic E-state index is 0.345. The van der Waals surface area contributed by atoms with Gasteiger partial charge in [0.2, 0.25) is 0 Å². The fourth-order valence-corrected chi connectivity index (χ4v) is 3.27. The van der Waals surface area contributed by atoms with Crippen LogP contribution in [-0.2, 0) is 6.54 Å². The molecule has 6 heteroatoms. The first-order chi connectivity index (χ1) is 12.6. The van der Waals surface area contributed by atoms with Crippen LogP contribution in [0.4, 0.5) is 0 Å². The Morgan fingerprint density at radius 3 is 2.50 bits per heavy atom. The van der Waals surface area contributed by atoms with Crippen LogP contribution < -0.4 is 4.74 Å². The largest absolute Gasteiger partial charge is 0.491 e. The maximum Gasteiger partial charge on any atom is 0.335 e. The number of carboxylic acid groups (broad SMARTS) is 1. The predicted octanol–water partition coefficient (Wildman–Crippen LogP) is 3.23. The highest BCUT2D eigenvalue weighted by Gasteiger charge is 2.17. The first kappa shape index (κ1) is 18.7. The fraction of sp³-hybridized carbons (Fsp3) is 0.350. The van der Waals surface area contributed by atoms with Crippen LogP contribution >= 0.6 is 11.6 Å². The van der Waals surface area contributed by atoms with Gasteiger partial charge in [0, 0.05) is 39.3 Å². The Balaban J connectivity index is 1.41. The maximum atomic E-state index is 11.1. The summed E-state index contributed by atoms with van der Waals surface area (Å²) in [5.74, 6) is -0.152. The Morgan fingerprint density at radius 1 is 1.04 bits per heavy atom. The van der Waals surface area contributed by atoms with Gasteiger partial charge in [-0.2, -0.15) is 0 Å². The van der Waals surface area contributed by atoms with E-state index < -0.39 is 5.97 Å². The van der Waals surface area contributed by atoms with Gasteiger partial charge in [-0.3, -0.25) is 9.80 Å². The number of ether oxygens (including phenoxy) is 1. The second-order valence-electron chi connectivity index (χ2n) is 6.40. The smallest absolute Gasteiger partial charge is 0.335 e. The molecule has 0 bridgehead atoms. The highest BCUT2D eigenvalue weighted by molar-refractivity contribution is 6.32. The number of halogens is 1. The van der Waals surface area contributed by atoms with Gasteiger partial charge < -0.3 is 9.84 Å². The zero-order valence-corrected chi connectivity index (χ0v) is 15.4. The summed E-state index contributed by atoms with van der Waals surface area (Å²) in [7, 11) is 0. The van der Waals surface area contributed by atoms with Crippen molar-refractivity contribution in [1.29, 1.82) is 0 Å². The molecule has 3 rings (SSSR count). The normalized spacial score (nSPS) is 15.7. The molecular formula is C20H23ClN2O3. The average Bonchev–Trinajstić information content (AvgIpc) is 2.65. The fourth-order valence-electron chi connectivity index (χ4n) is 3.08. The van der Waals surface area contributed by atoms with Crippen molar-refractivity contribution in [3.8, 4) is 5.75 Å². The molecule has 2 aromatic carbocycles. The number of carboxylic acids is 1. The van der Waals surface area contributed by atoms with E-state index in [1.807, 2.05) is 30.3 Å². The Hall–Kier alpha value is -2.08. The number of aromatic carboxylic acids is 1. The zero-order valence-electron chi connectivity index (χ0n) is 14.6. The van der Waals surface area contributed by atoms with Gasteiger partial charge in [-0.25, -0.2) is 4.79 Å². The van der Waals surface area contributed by atoms with Crippen LogP contribution in [0.25, 0.3) is 0 Å². The average molecular weight is 375 g/mol. The molecule has 1 N–H and O–H groups in total. The first-order valence-corrected chi connectivity index (χ1v) is 9.14. The van der Waals surface area contributed by atoms with Gasteiger partial charge in [-0.05, 0) is 29.8 Å². The number of nitrogens with zero attached hydrogens (tertiary/aromatic N) is 2. The Labute approximate surface area is 158 Å². The van der Waals surface area contributed by atoms with E-state index in [1.165, 1.54) is 0 Å². The van der Waals surface area contributed by atoms with E-state index >= 15 is 0 Å². The van der Waals surface area contributed by atoms with E-state index in [0.717, 1.165) is 50.6 Å². The molecule has 1 fully saturated rings. The number of hydrogen-bond donors (Lipinski definition) is 1. The third-order valence-corrected chi connectivity index (χ3v) is 4.86. The third-order valence-electron chi connectivity index (χ3n) is 4.55. The van der Waals surface area contributed by atoms with Crippen molar-refractivity contribution in [1.82, 2.24) is 9.80 Å². The lowest BCUT2D eigenvalue weighted by molar-refractivity contribution is 0.0696. The monoisotopic (exact) mass is 374 g/mol. The summed E-state index contributed by atoms with van der Waals surface area (Å²) in [5, 5.41) is 9.73. The second kappa shape index (κ2) is 9.03. The van der Waals surface area contributed by atoms with Crippen molar-refractivity contribution in [2.75, 3.05) is 39.3 Å². The van der Waals surface area contributed by atoms with Gasteiger partial charge in [0.05, 0.1) is 10.6 Å². The topological polar surface area (TPSA) is 53.0 Å². The first-order valence-electron chi connectivity index (χ1n) is 8.76. The van der Waals surface area contributed by atoms with Crippen molar-refractivity contribution in [2.24, 2.45) is 0 Å². The molecule has 1 aliphatic rings. The number of rotatable bonds is 7. The number of para-hydroxylation sites is 1. The Bertz CT molecular complexity index is 745. The van der Waals surface area contributed by atoms with Gasteiger partial charge in [0.1, 0.15) is 12.4 Å². The Morgan fingerprint density at radius 2 is 1.77 bits per heavy atom. The van der Waals surface area contributed by atoms with Gasteiger partial charge in [-0.1, -0.05) is 35.9 Å². The highest BCUT2D eigenvalue weighted by Crippen LogP contribution is 2.23. The molecule has 0 saturated carbocycles. The van der Waals surface area contributed by atoms with E-state index in [9.17, 15) is 4.79 Å². The van der Waals surface area contributed by atoms with Gasteiger partial charge in [0.15, 0.2) is 0 Å². The maximum absolute atomic E-state index is 11.1. The van der Waals surface area contributed by atoms with Crippen LogP contribution in [0.5, 0.6) is 5.75 Å². The summed E-state index contributed by atoms with van der Waals surface area (Å²) < 4.78 is 5.75. The van der Waals surface area contributed by atoms with Crippen LogP contribution in [0.2, 0.25) is 5.02 Å². The molecule has 26 heavy (non-hydrogen) atoms. The summed E-state index contributed by atoms with van der Waals surface area (Å²) in [5.41, 5.74) is 1.39. The summed E-state index contributed by atoms with van der Waals surface area (Å²) in [4.78, 5) is 15.8. The molecular weight excluding hydrogens is 352 g/mol. The minimum atomic E-state index is -0.879. The van der Waals surface area contributed by atoms with E-state index in [1.54, 1.807) is 18.2 Å². The molecule has 5 nitrogen and oxygen atoms in total. The van der Waals surface area contributed by atoms with E-state index in [2.05, 4.69) is 9.80 Å². The molecule has 0 amide bonds. The minimum Gasteiger partial charge on any atom is -0.491 e. The molecule has 1 heterocycles. The lowest BCUT2D eigenvalue weighted by Crippen LogP contribution is -2.47. The number of piperazine rings is 1. The second-order valence-corrected chi connectivity index (χ2v) is 6.81. The van der Waals surface area contributed by atoms with E-state index in [4.69, 9.17) is 21.4 Å². The van der Waals surface area contributed by atoms with E-state index in [-0.39, 0.29) is 0 Å². The molecule has 0 spiro atoms. The third kappa shape index (κ3) is 5.21. The summed E-state index contributed by atoms with van der Waals surface area (Å²) in [6.07, 6.45) is 0. The molecule has 0 aliphatic carbocycles. The number of hydrogen-bond acceptors (Lipinski definition) is 4. The summed E-state index contributed by atoms with van der Waals surface area (Å²) >= 11 is 6.09. The quantitative estimate of drug-likeness (QED) is 0.806. The van der Waals surface area contributed by atoms with Crippen molar-refractivity contribution in [3.63, 3.8) is 0 Å². The molecule has 2 aromatic rings. The predicted molar refractivity (Wildman–Crippen MR) is 102 cm³/mol. The molecule has 0 unspecified atom stereocenters. The van der Waals surface area contributed by atoms with Crippen LogP contribution in [0.1, 0.15) is 15.9 Å². The van der Waals surface area contributed by atoms with Crippen molar-refractivity contribution in [3.05, 3.63) is 64.7 Å². The summed E-state index contributed by atoms with van der Waals surface area (Å²) in [6, 6.07) is 14.7. The molecule has 0 aromatic heterocycles. The summed E-state index contributed by atoms with van der Waals surface area (Å²) in [6.45, 7) is 6.14. The lowest BCUT2D eigenvalue weighted by atomic mass is 10.1. The van der Waals surface area contributed by atoms with Crippen LogP contribution in [0.15, 0.2) is 48.5 Å². The van der Waals surface area contributed by atoms with Crippen LogP contribution in [0.3, 0.4) is 0 Å². The lowest BCUT2D eigenvalue weighted by Gasteiger charge is -2.34. The van der Waals surface area contributed by atoms with Gasteiger partial charge >= 0.3 is 5.97 Å². The molecule has 0 radical (unpaired) electrons. The standard InChI is InChI=1S/C20H23ClN2O3/c21-18-6-1-2-7-19(18)26-13-12-22-8-10-23(11-9-22)15-16-4-3-5-17(14-16)20(24)25/h1-7,14H,8-13,15H2,(H,24,25). The zero-order chi connectivity index (χ0) is 18.4. The van der Waals surface area contributed by atoms with E-state index in [0.29, 0.717) is 17.2 Å².